The van der Waals surface area contributed by atoms with Crippen LogP contribution in [0.4, 0.5) is 0 Å². The van der Waals surface area contributed by atoms with Crippen molar-refractivity contribution in [3.05, 3.63) is 0 Å². The van der Waals surface area contributed by atoms with Crippen molar-refractivity contribution in [2.24, 2.45) is 11.8 Å². The van der Waals surface area contributed by atoms with Gasteiger partial charge < -0.3 is 10.0 Å². The fourth-order valence-corrected chi connectivity index (χ4v) is 3.94. The normalized spacial score (nSPS) is 47.6. The minimum atomic E-state index is -0.0273. The summed E-state index contributed by atoms with van der Waals surface area (Å²) in [5.41, 5.74) is 0. The molecule has 4 atom stereocenters. The van der Waals surface area contributed by atoms with E-state index in [1.54, 1.807) is 0 Å². The highest BCUT2D eigenvalue weighted by Gasteiger charge is 2.46. The molecule has 3 heteroatoms. The molecule has 0 saturated carbocycles. The summed E-state index contributed by atoms with van der Waals surface area (Å²) >= 11 is 0. The molecule has 3 aliphatic heterocycles. The molecule has 86 valence electrons. The van der Waals surface area contributed by atoms with Crippen LogP contribution in [-0.4, -0.2) is 60.3 Å². The molecule has 3 heterocycles. The summed E-state index contributed by atoms with van der Waals surface area (Å²) in [5.74, 6) is 1.02. The van der Waals surface area contributed by atoms with Crippen molar-refractivity contribution >= 4 is 0 Å². The van der Waals surface area contributed by atoms with Crippen molar-refractivity contribution in [2.45, 2.75) is 31.4 Å². The molecule has 0 aliphatic carbocycles. The first-order valence-corrected chi connectivity index (χ1v) is 6.36. The Kier molecular flexibility index (Phi) is 2.49. The SMILES string of the molecule is CN1C[C@@H]2CN3CCCC[C@@H]3[C@H](C1)[C@@H]2O. The van der Waals surface area contributed by atoms with Gasteiger partial charge in [0.1, 0.15) is 0 Å². The van der Waals surface area contributed by atoms with Gasteiger partial charge in [0.05, 0.1) is 6.10 Å². The van der Waals surface area contributed by atoms with Gasteiger partial charge in [-0.15, -0.1) is 0 Å². The van der Waals surface area contributed by atoms with Gasteiger partial charge in [-0.05, 0) is 26.4 Å². The van der Waals surface area contributed by atoms with Gasteiger partial charge in [-0.2, -0.15) is 0 Å². The van der Waals surface area contributed by atoms with Gasteiger partial charge in [0.25, 0.3) is 0 Å². The maximum atomic E-state index is 10.3. The smallest absolute Gasteiger partial charge is 0.0648 e. The van der Waals surface area contributed by atoms with Crippen molar-refractivity contribution in [3.63, 3.8) is 0 Å². The van der Waals surface area contributed by atoms with Gasteiger partial charge in [0.15, 0.2) is 0 Å². The Morgan fingerprint density at radius 2 is 2.00 bits per heavy atom. The third-order valence-corrected chi connectivity index (χ3v) is 4.62. The predicted molar refractivity (Wildman–Crippen MR) is 59.7 cm³/mol. The number of hydrogen-bond acceptors (Lipinski definition) is 3. The summed E-state index contributed by atoms with van der Waals surface area (Å²) < 4.78 is 0. The van der Waals surface area contributed by atoms with Gasteiger partial charge in [-0.3, -0.25) is 4.90 Å². The highest BCUT2D eigenvalue weighted by atomic mass is 16.3. The summed E-state index contributed by atoms with van der Waals surface area (Å²) in [6, 6.07) is 0.674. The first-order valence-electron chi connectivity index (χ1n) is 6.36. The van der Waals surface area contributed by atoms with Gasteiger partial charge >= 0.3 is 0 Å². The molecule has 0 aromatic heterocycles. The number of aliphatic hydroxyl groups excluding tert-OH is 1. The minimum absolute atomic E-state index is 0.0273. The van der Waals surface area contributed by atoms with E-state index in [9.17, 15) is 5.11 Å². The second kappa shape index (κ2) is 3.72. The fraction of sp³-hybridized carbons (Fsp3) is 1.00. The van der Waals surface area contributed by atoms with Crippen LogP contribution >= 0.6 is 0 Å². The molecule has 3 saturated heterocycles. The predicted octanol–water partition coefficient (Wildman–Crippen LogP) is 0.393. The topological polar surface area (TPSA) is 26.7 Å². The first-order chi connectivity index (χ1) is 7.25. The third kappa shape index (κ3) is 1.61. The lowest BCUT2D eigenvalue weighted by Crippen LogP contribution is -2.64. The average molecular weight is 210 g/mol. The third-order valence-electron chi connectivity index (χ3n) is 4.62. The molecule has 3 aliphatic rings. The summed E-state index contributed by atoms with van der Waals surface area (Å²) in [6.45, 7) is 4.58. The second-order valence-electron chi connectivity index (χ2n) is 5.69. The molecular weight excluding hydrogens is 188 g/mol. The summed E-state index contributed by atoms with van der Waals surface area (Å²) in [6.07, 6.45) is 4.00. The van der Waals surface area contributed by atoms with Gasteiger partial charge in [0, 0.05) is 37.5 Å². The monoisotopic (exact) mass is 210 g/mol. The lowest BCUT2D eigenvalue weighted by molar-refractivity contribution is -0.112. The van der Waals surface area contributed by atoms with E-state index < -0.39 is 0 Å². The fourth-order valence-electron chi connectivity index (χ4n) is 3.94. The molecule has 3 nitrogen and oxygen atoms in total. The average Bonchev–Trinajstić information content (AvgIpc) is 2.21. The Labute approximate surface area is 92.1 Å². The number of hydrogen-bond donors (Lipinski definition) is 1. The highest BCUT2D eigenvalue weighted by Crippen LogP contribution is 2.37. The largest absolute Gasteiger partial charge is 0.392 e. The van der Waals surface area contributed by atoms with E-state index >= 15 is 0 Å². The standard InChI is InChI=1S/C12H22N2O/c1-13-6-9-7-14-5-3-2-4-11(14)10(8-13)12(9)15/h9-12,15H,2-8H2,1H3/t9-,10+,11-,12-/m1/s1. The van der Waals surface area contributed by atoms with Crippen LogP contribution in [0.2, 0.25) is 0 Å². The van der Waals surface area contributed by atoms with Crippen LogP contribution in [0.3, 0.4) is 0 Å². The van der Waals surface area contributed by atoms with Crippen LogP contribution in [0.15, 0.2) is 0 Å². The zero-order chi connectivity index (χ0) is 10.4. The van der Waals surface area contributed by atoms with Crippen molar-refractivity contribution in [1.82, 2.24) is 9.80 Å². The van der Waals surface area contributed by atoms with Crippen LogP contribution in [-0.2, 0) is 0 Å². The van der Waals surface area contributed by atoms with E-state index in [0.717, 1.165) is 19.6 Å². The Balaban J connectivity index is 1.82. The molecule has 0 unspecified atom stereocenters. The van der Waals surface area contributed by atoms with Crippen LogP contribution < -0.4 is 0 Å². The van der Waals surface area contributed by atoms with Crippen molar-refractivity contribution in [1.29, 1.82) is 0 Å². The van der Waals surface area contributed by atoms with Crippen molar-refractivity contribution in [2.75, 3.05) is 33.2 Å². The molecule has 0 aromatic carbocycles. The maximum Gasteiger partial charge on any atom is 0.0648 e. The molecule has 0 radical (unpaired) electrons. The molecule has 3 fully saturated rings. The molecule has 3 rings (SSSR count). The summed E-state index contributed by atoms with van der Waals surface area (Å²) in [7, 11) is 2.20. The van der Waals surface area contributed by atoms with E-state index in [1.807, 2.05) is 0 Å². The van der Waals surface area contributed by atoms with E-state index in [4.69, 9.17) is 0 Å². The van der Waals surface area contributed by atoms with E-state index in [-0.39, 0.29) is 6.10 Å². The quantitative estimate of drug-likeness (QED) is 0.627. The Hall–Kier alpha value is -0.120. The number of likely N-dealkylation sites (tertiary alicyclic amines) is 1. The summed E-state index contributed by atoms with van der Waals surface area (Å²) in [5, 5.41) is 10.3. The van der Waals surface area contributed by atoms with Crippen LogP contribution in [0, 0.1) is 11.8 Å². The Bertz CT molecular complexity index is 246. The molecule has 0 aromatic rings. The van der Waals surface area contributed by atoms with Crippen LogP contribution in [0.5, 0.6) is 0 Å². The molecule has 0 spiro atoms. The van der Waals surface area contributed by atoms with E-state index in [2.05, 4.69) is 16.8 Å². The minimum Gasteiger partial charge on any atom is -0.392 e. The van der Waals surface area contributed by atoms with Crippen LogP contribution in [0.1, 0.15) is 19.3 Å². The number of aliphatic hydroxyl groups is 1. The summed E-state index contributed by atoms with van der Waals surface area (Å²) in [4.78, 5) is 5.06. The molecule has 0 amide bonds. The number of piperidine rings is 3. The second-order valence-corrected chi connectivity index (χ2v) is 5.69. The van der Waals surface area contributed by atoms with Crippen molar-refractivity contribution < 1.29 is 5.11 Å². The highest BCUT2D eigenvalue weighted by molar-refractivity contribution is 5.00. The van der Waals surface area contributed by atoms with E-state index in [1.165, 1.54) is 25.8 Å². The first kappa shape index (κ1) is 10.1. The number of fused-ring (bicyclic) bond motifs is 4. The molecule has 2 bridgehead atoms. The number of nitrogens with zero attached hydrogens (tertiary/aromatic N) is 2. The van der Waals surface area contributed by atoms with Gasteiger partial charge in [-0.1, -0.05) is 6.42 Å². The van der Waals surface area contributed by atoms with E-state index in [0.29, 0.717) is 17.9 Å². The van der Waals surface area contributed by atoms with Crippen molar-refractivity contribution in [3.8, 4) is 0 Å². The lowest BCUT2D eigenvalue weighted by atomic mass is 9.74. The Morgan fingerprint density at radius 3 is 2.87 bits per heavy atom. The lowest BCUT2D eigenvalue weighted by Gasteiger charge is -2.54. The molecular formula is C12H22N2O. The zero-order valence-electron chi connectivity index (χ0n) is 9.60. The zero-order valence-corrected chi connectivity index (χ0v) is 9.60. The molecule has 1 N–H and O–H groups in total. The Morgan fingerprint density at radius 1 is 1.13 bits per heavy atom. The molecule has 15 heavy (non-hydrogen) atoms. The number of rotatable bonds is 0. The maximum absolute atomic E-state index is 10.3. The van der Waals surface area contributed by atoms with Gasteiger partial charge in [0.2, 0.25) is 0 Å². The van der Waals surface area contributed by atoms with Crippen LogP contribution in [0.25, 0.3) is 0 Å². The van der Waals surface area contributed by atoms with Gasteiger partial charge in [-0.25, -0.2) is 0 Å².